The highest BCUT2D eigenvalue weighted by molar-refractivity contribution is 5.20. The molecule has 1 rings (SSSR count). The number of hydrogen-bond acceptors (Lipinski definition) is 3. The molecule has 1 aromatic heterocycles. The van der Waals surface area contributed by atoms with Gasteiger partial charge in [0.2, 0.25) is 0 Å². The summed E-state index contributed by atoms with van der Waals surface area (Å²) in [5.41, 5.74) is 0.448. The second kappa shape index (κ2) is 3.75. The summed E-state index contributed by atoms with van der Waals surface area (Å²) in [6.45, 7) is 5.91. The molecule has 0 aliphatic heterocycles. The number of nitrogens with zero attached hydrogens (tertiary/aromatic N) is 1. The quantitative estimate of drug-likeness (QED) is 0.755. The lowest BCUT2D eigenvalue weighted by Crippen LogP contribution is -2.23. The molecule has 0 aliphatic rings. The molecule has 0 radical (unpaired) electrons. The molecule has 72 valence electrons. The number of aliphatic hydroxyl groups is 1. The standard InChI is InChI=1S/C10H15NO2/c1-10(2,3)13-9-5-4-8(7-12)11-6-9/h4-6,12H,7H2,1-3H3. The van der Waals surface area contributed by atoms with Crippen LogP contribution in [0.2, 0.25) is 0 Å². The number of aromatic nitrogens is 1. The van der Waals surface area contributed by atoms with Crippen molar-refractivity contribution in [2.75, 3.05) is 0 Å². The second-order valence-electron chi connectivity index (χ2n) is 3.86. The van der Waals surface area contributed by atoms with E-state index >= 15 is 0 Å². The lowest BCUT2D eigenvalue weighted by Gasteiger charge is -2.20. The lowest BCUT2D eigenvalue weighted by atomic mass is 10.2. The third-order valence-corrected chi connectivity index (χ3v) is 1.38. The SMILES string of the molecule is CC(C)(C)Oc1ccc(CO)nc1. The molecule has 0 saturated heterocycles. The van der Waals surface area contributed by atoms with E-state index in [1.54, 1.807) is 12.3 Å². The van der Waals surface area contributed by atoms with Gasteiger partial charge in [0.15, 0.2) is 0 Å². The third kappa shape index (κ3) is 3.42. The summed E-state index contributed by atoms with van der Waals surface area (Å²) < 4.78 is 5.56. The van der Waals surface area contributed by atoms with Crippen molar-refractivity contribution in [2.24, 2.45) is 0 Å². The Bertz CT molecular complexity index is 261. The molecule has 1 heterocycles. The first kappa shape index (κ1) is 9.99. The molecular formula is C10H15NO2. The highest BCUT2D eigenvalue weighted by atomic mass is 16.5. The van der Waals surface area contributed by atoms with Crippen LogP contribution in [0, 0.1) is 0 Å². The van der Waals surface area contributed by atoms with Gasteiger partial charge in [-0.15, -0.1) is 0 Å². The molecule has 1 aromatic rings. The van der Waals surface area contributed by atoms with Gasteiger partial charge in [0.25, 0.3) is 0 Å². The Kier molecular flexibility index (Phi) is 2.88. The van der Waals surface area contributed by atoms with E-state index in [0.29, 0.717) is 5.69 Å². The first-order chi connectivity index (χ1) is 6.01. The second-order valence-corrected chi connectivity index (χ2v) is 3.86. The number of rotatable bonds is 2. The topological polar surface area (TPSA) is 42.4 Å². The van der Waals surface area contributed by atoms with Gasteiger partial charge in [0, 0.05) is 0 Å². The Labute approximate surface area is 78.4 Å². The molecule has 0 saturated carbocycles. The van der Waals surface area contributed by atoms with Crippen molar-refractivity contribution in [1.29, 1.82) is 0 Å². The van der Waals surface area contributed by atoms with Crippen LogP contribution in [0.3, 0.4) is 0 Å². The van der Waals surface area contributed by atoms with E-state index in [0.717, 1.165) is 5.75 Å². The Hall–Kier alpha value is -1.09. The number of aliphatic hydroxyl groups excluding tert-OH is 1. The normalized spacial score (nSPS) is 11.4. The average Bonchev–Trinajstić information content (AvgIpc) is 2.03. The van der Waals surface area contributed by atoms with Gasteiger partial charge < -0.3 is 9.84 Å². The van der Waals surface area contributed by atoms with E-state index in [9.17, 15) is 0 Å². The first-order valence-electron chi connectivity index (χ1n) is 4.26. The van der Waals surface area contributed by atoms with Crippen molar-refractivity contribution in [3.8, 4) is 5.75 Å². The number of pyridine rings is 1. The molecule has 13 heavy (non-hydrogen) atoms. The van der Waals surface area contributed by atoms with E-state index in [4.69, 9.17) is 9.84 Å². The van der Waals surface area contributed by atoms with Crippen LogP contribution in [0.1, 0.15) is 26.5 Å². The largest absolute Gasteiger partial charge is 0.487 e. The van der Waals surface area contributed by atoms with Crippen molar-refractivity contribution < 1.29 is 9.84 Å². The fraction of sp³-hybridized carbons (Fsp3) is 0.500. The minimum absolute atomic E-state index is 0.0319. The fourth-order valence-electron chi connectivity index (χ4n) is 0.918. The molecule has 0 aliphatic carbocycles. The zero-order valence-electron chi connectivity index (χ0n) is 8.24. The molecule has 0 amide bonds. The monoisotopic (exact) mass is 181 g/mol. The Morgan fingerprint density at radius 2 is 2.08 bits per heavy atom. The summed E-state index contributed by atoms with van der Waals surface area (Å²) in [6, 6.07) is 3.56. The predicted molar refractivity (Wildman–Crippen MR) is 50.5 cm³/mol. The maximum Gasteiger partial charge on any atom is 0.138 e. The first-order valence-corrected chi connectivity index (χ1v) is 4.26. The molecule has 0 spiro atoms. The van der Waals surface area contributed by atoms with Crippen LogP contribution < -0.4 is 4.74 Å². The van der Waals surface area contributed by atoms with Crippen molar-refractivity contribution in [3.63, 3.8) is 0 Å². The van der Waals surface area contributed by atoms with Gasteiger partial charge in [0.1, 0.15) is 11.4 Å². The van der Waals surface area contributed by atoms with Crippen LogP contribution in [0.5, 0.6) is 5.75 Å². The van der Waals surface area contributed by atoms with Crippen LogP contribution in [0.15, 0.2) is 18.3 Å². The van der Waals surface area contributed by atoms with E-state index < -0.39 is 0 Å². The zero-order chi connectivity index (χ0) is 9.90. The highest BCUT2D eigenvalue weighted by Crippen LogP contribution is 2.16. The molecule has 3 heteroatoms. The summed E-state index contributed by atoms with van der Waals surface area (Å²) >= 11 is 0. The van der Waals surface area contributed by atoms with Crippen LogP contribution >= 0.6 is 0 Å². The van der Waals surface area contributed by atoms with Crippen LogP contribution in [-0.2, 0) is 6.61 Å². The van der Waals surface area contributed by atoms with Crippen LogP contribution in [-0.4, -0.2) is 15.7 Å². The van der Waals surface area contributed by atoms with Crippen LogP contribution in [0.25, 0.3) is 0 Å². The number of ether oxygens (including phenoxy) is 1. The van der Waals surface area contributed by atoms with E-state index in [1.807, 2.05) is 26.8 Å². The summed E-state index contributed by atoms with van der Waals surface area (Å²) in [5, 5.41) is 8.76. The maximum atomic E-state index is 8.76. The maximum absolute atomic E-state index is 8.76. The molecule has 0 atom stereocenters. The summed E-state index contributed by atoms with van der Waals surface area (Å²) in [6.07, 6.45) is 1.62. The minimum Gasteiger partial charge on any atom is -0.487 e. The lowest BCUT2D eigenvalue weighted by molar-refractivity contribution is 0.130. The van der Waals surface area contributed by atoms with Crippen molar-refractivity contribution in [3.05, 3.63) is 24.0 Å². The average molecular weight is 181 g/mol. The van der Waals surface area contributed by atoms with E-state index in [1.165, 1.54) is 0 Å². The third-order valence-electron chi connectivity index (χ3n) is 1.38. The van der Waals surface area contributed by atoms with Crippen LogP contribution in [0.4, 0.5) is 0 Å². The van der Waals surface area contributed by atoms with Crippen molar-refractivity contribution >= 4 is 0 Å². The summed E-state index contributed by atoms with van der Waals surface area (Å²) in [4.78, 5) is 4.01. The van der Waals surface area contributed by atoms with Gasteiger partial charge in [0.05, 0.1) is 18.5 Å². The Morgan fingerprint density at radius 1 is 1.38 bits per heavy atom. The predicted octanol–water partition coefficient (Wildman–Crippen LogP) is 1.75. The fourth-order valence-corrected chi connectivity index (χ4v) is 0.918. The van der Waals surface area contributed by atoms with E-state index in [2.05, 4.69) is 4.98 Å². The Balaban J connectivity index is 2.70. The molecule has 0 bridgehead atoms. The summed E-state index contributed by atoms with van der Waals surface area (Å²) in [5.74, 6) is 0.727. The molecule has 0 fully saturated rings. The zero-order valence-corrected chi connectivity index (χ0v) is 8.24. The Morgan fingerprint density at radius 3 is 2.46 bits per heavy atom. The number of hydrogen-bond donors (Lipinski definition) is 1. The van der Waals surface area contributed by atoms with E-state index in [-0.39, 0.29) is 12.2 Å². The van der Waals surface area contributed by atoms with Crippen molar-refractivity contribution in [2.45, 2.75) is 33.0 Å². The van der Waals surface area contributed by atoms with Gasteiger partial charge in [-0.25, -0.2) is 0 Å². The highest BCUT2D eigenvalue weighted by Gasteiger charge is 2.11. The minimum atomic E-state index is -0.206. The molecule has 1 N–H and O–H groups in total. The van der Waals surface area contributed by atoms with Gasteiger partial charge in [-0.2, -0.15) is 0 Å². The smallest absolute Gasteiger partial charge is 0.138 e. The van der Waals surface area contributed by atoms with Gasteiger partial charge >= 0.3 is 0 Å². The van der Waals surface area contributed by atoms with Crippen molar-refractivity contribution in [1.82, 2.24) is 4.98 Å². The van der Waals surface area contributed by atoms with Gasteiger partial charge in [-0.1, -0.05) is 0 Å². The molecule has 0 unspecified atom stereocenters. The molecular weight excluding hydrogens is 166 g/mol. The van der Waals surface area contributed by atoms with Gasteiger partial charge in [-0.3, -0.25) is 4.98 Å². The van der Waals surface area contributed by atoms with Gasteiger partial charge in [-0.05, 0) is 32.9 Å². The molecule has 3 nitrogen and oxygen atoms in total. The molecule has 0 aromatic carbocycles. The summed E-state index contributed by atoms with van der Waals surface area (Å²) in [7, 11) is 0.